The summed E-state index contributed by atoms with van der Waals surface area (Å²) in [4.78, 5) is 14.6. The number of hydrogen-bond acceptors (Lipinski definition) is 2. The number of nitrogens with zero attached hydrogens (tertiary/aromatic N) is 3. The molecule has 0 saturated heterocycles. The van der Waals surface area contributed by atoms with Gasteiger partial charge in [-0.15, -0.1) is 0 Å². The van der Waals surface area contributed by atoms with E-state index in [2.05, 4.69) is 23.3 Å². The predicted molar refractivity (Wildman–Crippen MR) is 89.2 cm³/mol. The van der Waals surface area contributed by atoms with E-state index in [0.29, 0.717) is 12.1 Å². The summed E-state index contributed by atoms with van der Waals surface area (Å²) in [6.07, 6.45) is 3.44. The number of fused-ring (bicyclic) bond motifs is 1. The summed E-state index contributed by atoms with van der Waals surface area (Å²) in [6, 6.07) is 14.2. The lowest BCUT2D eigenvalue weighted by Crippen LogP contribution is -2.30. The number of aromatic nitrogens is 2. The Hall–Kier alpha value is -2.62. The molecule has 0 spiro atoms. The van der Waals surface area contributed by atoms with Crippen molar-refractivity contribution in [2.24, 2.45) is 0 Å². The minimum Gasteiger partial charge on any atom is -0.308 e. The molecule has 0 saturated carbocycles. The van der Waals surface area contributed by atoms with Gasteiger partial charge >= 0.3 is 0 Å². The second-order valence-corrected chi connectivity index (χ2v) is 5.13. The second-order valence-electron chi connectivity index (χ2n) is 5.13. The van der Waals surface area contributed by atoms with Crippen molar-refractivity contribution in [3.8, 4) is 0 Å². The Labute approximate surface area is 130 Å². The normalized spacial score (nSPS) is 10.8. The van der Waals surface area contributed by atoms with Gasteiger partial charge in [0.1, 0.15) is 0 Å². The number of anilines is 1. The zero-order chi connectivity index (χ0) is 15.5. The first kappa shape index (κ1) is 14.3. The van der Waals surface area contributed by atoms with Gasteiger partial charge in [-0.25, -0.2) is 0 Å². The molecule has 4 nitrogen and oxygen atoms in total. The van der Waals surface area contributed by atoms with Crippen LogP contribution in [0.2, 0.25) is 0 Å². The van der Waals surface area contributed by atoms with E-state index in [9.17, 15) is 4.79 Å². The smallest absolute Gasteiger partial charge is 0.261 e. The standard InChI is InChI=1S/C18H19N3O/c1-3-20-13-15(12-19-20)18(22)21(4-2)17-11-7-9-14-8-5-6-10-16(14)17/h5-13H,3-4H2,1-2H3. The van der Waals surface area contributed by atoms with E-state index in [0.717, 1.165) is 23.0 Å². The number of rotatable bonds is 4. The molecule has 0 aliphatic rings. The molecule has 0 aliphatic carbocycles. The number of carbonyl (C=O) groups excluding carboxylic acids is 1. The molecular formula is C18H19N3O. The first-order valence-electron chi connectivity index (χ1n) is 7.56. The maximum absolute atomic E-state index is 12.8. The first-order chi connectivity index (χ1) is 10.7. The SMILES string of the molecule is CCN(C(=O)c1cnn(CC)c1)c1cccc2ccccc12. The van der Waals surface area contributed by atoms with Gasteiger partial charge in [0.2, 0.25) is 0 Å². The van der Waals surface area contributed by atoms with Crippen LogP contribution in [0.3, 0.4) is 0 Å². The maximum Gasteiger partial charge on any atom is 0.261 e. The van der Waals surface area contributed by atoms with Crippen LogP contribution in [-0.4, -0.2) is 22.2 Å². The highest BCUT2D eigenvalue weighted by atomic mass is 16.2. The molecule has 0 atom stereocenters. The van der Waals surface area contributed by atoms with E-state index in [1.54, 1.807) is 22.0 Å². The largest absolute Gasteiger partial charge is 0.308 e. The van der Waals surface area contributed by atoms with Gasteiger partial charge in [0, 0.05) is 24.7 Å². The van der Waals surface area contributed by atoms with Crippen LogP contribution in [0.5, 0.6) is 0 Å². The van der Waals surface area contributed by atoms with E-state index in [4.69, 9.17) is 0 Å². The van der Waals surface area contributed by atoms with Gasteiger partial charge in [-0.2, -0.15) is 5.10 Å². The first-order valence-corrected chi connectivity index (χ1v) is 7.56. The van der Waals surface area contributed by atoms with Crippen LogP contribution in [0, 0.1) is 0 Å². The molecule has 0 fully saturated rings. The van der Waals surface area contributed by atoms with Gasteiger partial charge in [0.25, 0.3) is 5.91 Å². The fraction of sp³-hybridized carbons (Fsp3) is 0.222. The molecule has 0 radical (unpaired) electrons. The predicted octanol–water partition coefficient (Wildman–Crippen LogP) is 3.72. The van der Waals surface area contributed by atoms with Crippen LogP contribution < -0.4 is 4.90 Å². The van der Waals surface area contributed by atoms with Crippen LogP contribution in [0.15, 0.2) is 54.9 Å². The van der Waals surface area contributed by atoms with Crippen LogP contribution in [0.4, 0.5) is 5.69 Å². The molecule has 4 heteroatoms. The minimum absolute atomic E-state index is 0.0152. The lowest BCUT2D eigenvalue weighted by atomic mass is 10.1. The van der Waals surface area contributed by atoms with E-state index in [-0.39, 0.29) is 5.91 Å². The molecule has 3 rings (SSSR count). The summed E-state index contributed by atoms with van der Waals surface area (Å²) in [5.41, 5.74) is 1.56. The van der Waals surface area contributed by atoms with Crippen molar-refractivity contribution in [2.45, 2.75) is 20.4 Å². The van der Waals surface area contributed by atoms with Gasteiger partial charge in [-0.05, 0) is 25.3 Å². The quantitative estimate of drug-likeness (QED) is 0.735. The molecule has 0 unspecified atom stereocenters. The summed E-state index contributed by atoms with van der Waals surface area (Å²) >= 11 is 0. The van der Waals surface area contributed by atoms with Gasteiger partial charge in [0.15, 0.2) is 0 Å². The average molecular weight is 293 g/mol. The molecule has 112 valence electrons. The number of benzene rings is 2. The zero-order valence-electron chi connectivity index (χ0n) is 12.9. The molecule has 1 amide bonds. The highest BCUT2D eigenvalue weighted by Crippen LogP contribution is 2.27. The molecule has 3 aromatic rings. The summed E-state index contributed by atoms with van der Waals surface area (Å²) in [7, 11) is 0. The third-order valence-electron chi connectivity index (χ3n) is 3.82. The van der Waals surface area contributed by atoms with Crippen LogP contribution in [0.25, 0.3) is 10.8 Å². The van der Waals surface area contributed by atoms with Crippen molar-refractivity contribution in [3.63, 3.8) is 0 Å². The van der Waals surface area contributed by atoms with Crippen LogP contribution >= 0.6 is 0 Å². The fourth-order valence-corrected chi connectivity index (χ4v) is 2.67. The summed E-state index contributed by atoms with van der Waals surface area (Å²) in [5.74, 6) is -0.0152. The Morgan fingerprint density at radius 1 is 1.14 bits per heavy atom. The second kappa shape index (κ2) is 6.02. The molecule has 22 heavy (non-hydrogen) atoms. The molecule has 2 aromatic carbocycles. The zero-order valence-corrected chi connectivity index (χ0v) is 12.9. The summed E-state index contributed by atoms with van der Waals surface area (Å²) < 4.78 is 1.77. The highest BCUT2D eigenvalue weighted by molar-refractivity contribution is 6.10. The van der Waals surface area contributed by atoms with Crippen molar-refractivity contribution in [3.05, 3.63) is 60.4 Å². The molecular weight excluding hydrogens is 274 g/mol. The fourth-order valence-electron chi connectivity index (χ4n) is 2.67. The van der Waals surface area contributed by atoms with Crippen molar-refractivity contribution in [2.75, 3.05) is 11.4 Å². The third kappa shape index (κ3) is 2.48. The van der Waals surface area contributed by atoms with Gasteiger partial charge in [-0.1, -0.05) is 36.4 Å². The summed E-state index contributed by atoms with van der Waals surface area (Å²) in [6.45, 7) is 5.37. The molecule has 1 aromatic heterocycles. The lowest BCUT2D eigenvalue weighted by molar-refractivity contribution is 0.0988. The molecule has 0 N–H and O–H groups in total. The third-order valence-corrected chi connectivity index (χ3v) is 3.82. The van der Waals surface area contributed by atoms with Crippen molar-refractivity contribution in [1.82, 2.24) is 9.78 Å². The number of carbonyl (C=O) groups is 1. The van der Waals surface area contributed by atoms with E-state index in [1.807, 2.05) is 38.1 Å². The topological polar surface area (TPSA) is 38.1 Å². The lowest BCUT2D eigenvalue weighted by Gasteiger charge is -2.22. The number of hydrogen-bond donors (Lipinski definition) is 0. The van der Waals surface area contributed by atoms with E-state index in [1.165, 1.54) is 0 Å². The minimum atomic E-state index is -0.0152. The maximum atomic E-state index is 12.8. The van der Waals surface area contributed by atoms with Crippen molar-refractivity contribution >= 4 is 22.4 Å². The molecule has 0 aliphatic heterocycles. The Kier molecular flexibility index (Phi) is 3.92. The number of amides is 1. The molecule has 0 bridgehead atoms. The van der Waals surface area contributed by atoms with Gasteiger partial charge in [0.05, 0.1) is 17.4 Å². The van der Waals surface area contributed by atoms with Crippen molar-refractivity contribution in [1.29, 1.82) is 0 Å². The molecule has 1 heterocycles. The van der Waals surface area contributed by atoms with E-state index < -0.39 is 0 Å². The van der Waals surface area contributed by atoms with Crippen LogP contribution in [0.1, 0.15) is 24.2 Å². The Balaban J connectivity index is 2.04. The Bertz CT molecular complexity index is 801. The van der Waals surface area contributed by atoms with Crippen molar-refractivity contribution < 1.29 is 4.79 Å². The summed E-state index contributed by atoms with van der Waals surface area (Å²) in [5, 5.41) is 6.42. The van der Waals surface area contributed by atoms with Gasteiger partial charge in [-0.3, -0.25) is 9.48 Å². The Morgan fingerprint density at radius 2 is 1.91 bits per heavy atom. The number of aryl methyl sites for hydroxylation is 1. The monoisotopic (exact) mass is 293 g/mol. The van der Waals surface area contributed by atoms with Crippen LogP contribution in [-0.2, 0) is 6.54 Å². The highest BCUT2D eigenvalue weighted by Gasteiger charge is 2.19. The van der Waals surface area contributed by atoms with Gasteiger partial charge < -0.3 is 4.90 Å². The van der Waals surface area contributed by atoms with E-state index >= 15 is 0 Å². The Morgan fingerprint density at radius 3 is 2.64 bits per heavy atom. The average Bonchev–Trinajstić information content (AvgIpc) is 3.05.